The van der Waals surface area contributed by atoms with Gasteiger partial charge in [0.25, 0.3) is 0 Å². The van der Waals surface area contributed by atoms with Gasteiger partial charge in [-0.05, 0) is 50.3 Å². The second-order valence-corrected chi connectivity index (χ2v) is 7.05. The number of anilines is 1. The normalized spacial score (nSPS) is 25.9. The van der Waals surface area contributed by atoms with Crippen molar-refractivity contribution in [3.8, 4) is 0 Å². The van der Waals surface area contributed by atoms with Crippen molar-refractivity contribution in [1.82, 2.24) is 10.3 Å². The van der Waals surface area contributed by atoms with Crippen LogP contribution < -0.4 is 15.8 Å². The fourth-order valence-electron chi connectivity index (χ4n) is 4.16. The number of rotatable bonds is 3. The number of carbonyl (C=O) groups excluding carboxylic acids is 1. The van der Waals surface area contributed by atoms with E-state index in [1.165, 1.54) is 0 Å². The number of carbonyl (C=O) groups is 1. The highest BCUT2D eigenvalue weighted by atomic mass is 16.2. The van der Waals surface area contributed by atoms with Gasteiger partial charge in [0, 0.05) is 29.5 Å². The van der Waals surface area contributed by atoms with E-state index in [1.807, 2.05) is 41.3 Å². The fourth-order valence-corrected chi connectivity index (χ4v) is 4.16. The monoisotopic (exact) mass is 337 g/mol. The van der Waals surface area contributed by atoms with Crippen molar-refractivity contribution >= 4 is 11.6 Å². The number of fused-ring (bicyclic) bond motifs is 1. The van der Waals surface area contributed by atoms with E-state index in [4.69, 9.17) is 0 Å². The van der Waals surface area contributed by atoms with E-state index in [2.05, 4.69) is 17.2 Å². The first-order valence-corrected chi connectivity index (χ1v) is 9.00. The molecule has 25 heavy (non-hydrogen) atoms. The molecular weight excluding hydrogens is 314 g/mol. The molecule has 1 fully saturated rings. The van der Waals surface area contributed by atoms with E-state index < -0.39 is 0 Å². The molecule has 1 aliphatic carbocycles. The summed E-state index contributed by atoms with van der Waals surface area (Å²) in [4.78, 5) is 29.4. The highest BCUT2D eigenvalue weighted by Crippen LogP contribution is 2.32. The summed E-state index contributed by atoms with van der Waals surface area (Å²) in [6.45, 7) is 2.10. The molecular formula is C20H23N3O2. The number of hydrogen-bond donors (Lipinski definition) is 2. The highest BCUT2D eigenvalue weighted by Gasteiger charge is 2.39. The van der Waals surface area contributed by atoms with E-state index >= 15 is 0 Å². The molecule has 130 valence electrons. The molecule has 0 unspecified atom stereocenters. The SMILES string of the molecule is C[C@@H]1C[C@@H](N[C@H]2CCCc3[nH]c(=O)ccc32)C(=O)N1c1ccccc1. The van der Waals surface area contributed by atoms with Crippen LogP contribution in [-0.2, 0) is 11.2 Å². The molecule has 1 aromatic heterocycles. The Bertz CT molecular complexity index is 830. The number of nitrogens with one attached hydrogen (secondary N) is 2. The van der Waals surface area contributed by atoms with Crippen LogP contribution in [0.3, 0.4) is 0 Å². The minimum atomic E-state index is -0.182. The molecule has 3 atom stereocenters. The molecule has 1 saturated heterocycles. The second kappa shape index (κ2) is 6.48. The summed E-state index contributed by atoms with van der Waals surface area (Å²) in [6, 6.07) is 13.4. The lowest BCUT2D eigenvalue weighted by Gasteiger charge is -2.28. The highest BCUT2D eigenvalue weighted by molar-refractivity contribution is 6.00. The van der Waals surface area contributed by atoms with Crippen molar-refractivity contribution in [3.05, 3.63) is 64.1 Å². The summed E-state index contributed by atoms with van der Waals surface area (Å²) >= 11 is 0. The number of benzene rings is 1. The molecule has 2 aromatic rings. The van der Waals surface area contributed by atoms with E-state index in [-0.39, 0.29) is 29.6 Å². The molecule has 4 rings (SSSR count). The minimum Gasteiger partial charge on any atom is -0.326 e. The Hall–Kier alpha value is -2.40. The van der Waals surface area contributed by atoms with Gasteiger partial charge in [-0.25, -0.2) is 0 Å². The summed E-state index contributed by atoms with van der Waals surface area (Å²) in [7, 11) is 0. The van der Waals surface area contributed by atoms with Crippen LogP contribution in [0.2, 0.25) is 0 Å². The topological polar surface area (TPSA) is 65.2 Å². The van der Waals surface area contributed by atoms with Gasteiger partial charge >= 0.3 is 0 Å². The molecule has 0 radical (unpaired) electrons. The van der Waals surface area contributed by atoms with Crippen molar-refractivity contribution < 1.29 is 4.79 Å². The maximum Gasteiger partial charge on any atom is 0.248 e. The zero-order valence-corrected chi connectivity index (χ0v) is 14.4. The smallest absolute Gasteiger partial charge is 0.248 e. The number of aryl methyl sites for hydroxylation is 1. The van der Waals surface area contributed by atoms with Gasteiger partial charge in [0.2, 0.25) is 11.5 Å². The lowest BCUT2D eigenvalue weighted by molar-refractivity contribution is -0.119. The van der Waals surface area contributed by atoms with Gasteiger partial charge in [0.05, 0.1) is 6.04 Å². The first kappa shape index (κ1) is 16.1. The maximum absolute atomic E-state index is 13.0. The lowest BCUT2D eigenvalue weighted by Crippen LogP contribution is -2.41. The summed E-state index contributed by atoms with van der Waals surface area (Å²) in [5.74, 6) is 0.134. The number of pyridine rings is 1. The first-order chi connectivity index (χ1) is 12.1. The van der Waals surface area contributed by atoms with E-state index in [0.29, 0.717) is 0 Å². The average molecular weight is 337 g/mol. The molecule has 0 bridgehead atoms. The lowest BCUT2D eigenvalue weighted by atomic mass is 9.90. The molecule has 5 nitrogen and oxygen atoms in total. The van der Waals surface area contributed by atoms with Gasteiger partial charge in [-0.2, -0.15) is 0 Å². The molecule has 1 amide bonds. The average Bonchev–Trinajstić information content (AvgIpc) is 2.89. The largest absolute Gasteiger partial charge is 0.326 e. The molecule has 0 saturated carbocycles. The number of H-pyrrole nitrogens is 1. The van der Waals surface area contributed by atoms with E-state index in [0.717, 1.165) is 42.6 Å². The van der Waals surface area contributed by atoms with Crippen molar-refractivity contribution in [2.24, 2.45) is 0 Å². The third-order valence-electron chi connectivity index (χ3n) is 5.32. The Morgan fingerprint density at radius 3 is 2.68 bits per heavy atom. The molecule has 1 aliphatic heterocycles. The molecule has 1 aromatic carbocycles. The molecule has 2 aliphatic rings. The van der Waals surface area contributed by atoms with Crippen molar-refractivity contribution in [2.45, 2.75) is 50.7 Å². The summed E-state index contributed by atoms with van der Waals surface area (Å²) in [5.41, 5.74) is 3.04. The Labute approximate surface area is 147 Å². The van der Waals surface area contributed by atoms with Crippen LogP contribution in [0.25, 0.3) is 0 Å². The number of para-hydroxylation sites is 1. The summed E-state index contributed by atoms with van der Waals surface area (Å²) in [5, 5.41) is 3.56. The van der Waals surface area contributed by atoms with E-state index in [1.54, 1.807) is 6.07 Å². The van der Waals surface area contributed by atoms with Gasteiger partial charge in [-0.3, -0.25) is 14.9 Å². The summed E-state index contributed by atoms with van der Waals surface area (Å²) in [6.07, 6.45) is 3.70. The Morgan fingerprint density at radius 2 is 1.88 bits per heavy atom. The zero-order valence-electron chi connectivity index (χ0n) is 14.4. The van der Waals surface area contributed by atoms with Gasteiger partial charge in [-0.1, -0.05) is 24.3 Å². The second-order valence-electron chi connectivity index (χ2n) is 7.05. The Balaban J connectivity index is 1.55. The maximum atomic E-state index is 13.0. The fraction of sp³-hybridized carbons (Fsp3) is 0.400. The quantitative estimate of drug-likeness (QED) is 0.904. The molecule has 0 spiro atoms. The van der Waals surface area contributed by atoms with Crippen LogP contribution in [0.4, 0.5) is 5.69 Å². The van der Waals surface area contributed by atoms with Crippen LogP contribution in [0.5, 0.6) is 0 Å². The predicted octanol–water partition coefficient (Wildman–Crippen LogP) is 2.54. The number of nitrogens with zero attached hydrogens (tertiary/aromatic N) is 1. The zero-order chi connectivity index (χ0) is 17.4. The van der Waals surface area contributed by atoms with Gasteiger partial charge < -0.3 is 9.88 Å². The Kier molecular flexibility index (Phi) is 4.17. The van der Waals surface area contributed by atoms with Gasteiger partial charge in [0.1, 0.15) is 0 Å². The standard InChI is InChI=1S/C20H23N3O2/c1-13-12-18(20(25)23(13)14-6-3-2-4-7-14)21-16-8-5-9-17-15(16)10-11-19(24)22-17/h2-4,6-7,10-11,13,16,18,21H,5,8-9,12H2,1H3,(H,22,24)/t13-,16+,18-/m1/s1. The molecule has 2 N–H and O–H groups in total. The Morgan fingerprint density at radius 1 is 1.08 bits per heavy atom. The third-order valence-corrected chi connectivity index (χ3v) is 5.32. The van der Waals surface area contributed by atoms with Gasteiger partial charge in [-0.15, -0.1) is 0 Å². The molecule has 2 heterocycles. The predicted molar refractivity (Wildman–Crippen MR) is 97.7 cm³/mol. The number of aromatic amines is 1. The number of hydrogen-bond acceptors (Lipinski definition) is 3. The van der Waals surface area contributed by atoms with Crippen molar-refractivity contribution in [2.75, 3.05) is 4.90 Å². The van der Waals surface area contributed by atoms with Crippen LogP contribution in [-0.4, -0.2) is 23.0 Å². The van der Waals surface area contributed by atoms with Gasteiger partial charge in [0.15, 0.2) is 0 Å². The number of aromatic nitrogens is 1. The van der Waals surface area contributed by atoms with Crippen LogP contribution in [0, 0.1) is 0 Å². The van der Waals surface area contributed by atoms with Crippen LogP contribution >= 0.6 is 0 Å². The molecule has 5 heteroatoms. The third kappa shape index (κ3) is 3.00. The first-order valence-electron chi connectivity index (χ1n) is 9.00. The van der Waals surface area contributed by atoms with Crippen molar-refractivity contribution in [1.29, 1.82) is 0 Å². The number of amides is 1. The summed E-state index contributed by atoms with van der Waals surface area (Å²) < 4.78 is 0. The van der Waals surface area contributed by atoms with Crippen molar-refractivity contribution in [3.63, 3.8) is 0 Å². The minimum absolute atomic E-state index is 0.0554. The van der Waals surface area contributed by atoms with Crippen LogP contribution in [0.1, 0.15) is 43.5 Å². The van der Waals surface area contributed by atoms with E-state index in [9.17, 15) is 9.59 Å². The van der Waals surface area contributed by atoms with Crippen LogP contribution in [0.15, 0.2) is 47.3 Å².